The predicted octanol–water partition coefficient (Wildman–Crippen LogP) is 1.42. The molecule has 4 heteroatoms. The van der Waals surface area contributed by atoms with E-state index in [0.717, 1.165) is 0 Å². The molecule has 0 radical (unpaired) electrons. The van der Waals surface area contributed by atoms with Gasteiger partial charge in [0.2, 0.25) is 0 Å². The van der Waals surface area contributed by atoms with Crippen molar-refractivity contribution in [2.45, 2.75) is 13.0 Å². The fourth-order valence-electron chi connectivity index (χ4n) is 1.20. The molecule has 1 rings (SSSR count). The lowest BCUT2D eigenvalue weighted by atomic mass is 10.0. The first-order chi connectivity index (χ1) is 7.20. The zero-order valence-electron chi connectivity index (χ0n) is 8.30. The van der Waals surface area contributed by atoms with Crippen LogP contribution in [0.4, 0.5) is 0 Å². The lowest BCUT2D eigenvalue weighted by molar-refractivity contribution is 0.0521. The standard InChI is InChI=1S/C11H11NO3/c1-2-15-11(14)9-6-4-3-5-8(9)10(13)7-12/h3-6,10,13H,2H2,1H3. The van der Waals surface area contributed by atoms with Crippen molar-refractivity contribution in [1.82, 2.24) is 0 Å². The molecule has 0 saturated carbocycles. The van der Waals surface area contributed by atoms with Gasteiger partial charge in [-0.3, -0.25) is 0 Å². The maximum atomic E-state index is 11.4. The van der Waals surface area contributed by atoms with E-state index in [9.17, 15) is 9.90 Å². The third-order valence-electron chi connectivity index (χ3n) is 1.87. The largest absolute Gasteiger partial charge is 0.462 e. The molecule has 0 bridgehead atoms. The Bertz CT molecular complexity index is 395. The third-order valence-corrected chi connectivity index (χ3v) is 1.87. The molecule has 0 aliphatic heterocycles. The number of hydrogen-bond donors (Lipinski definition) is 1. The van der Waals surface area contributed by atoms with E-state index in [1.807, 2.05) is 0 Å². The molecule has 0 fully saturated rings. The Morgan fingerprint density at radius 1 is 1.60 bits per heavy atom. The topological polar surface area (TPSA) is 70.3 Å². The molecule has 15 heavy (non-hydrogen) atoms. The first kappa shape index (κ1) is 11.2. The summed E-state index contributed by atoms with van der Waals surface area (Å²) in [6.45, 7) is 1.96. The maximum Gasteiger partial charge on any atom is 0.338 e. The average Bonchev–Trinajstić information content (AvgIpc) is 2.28. The zero-order valence-corrected chi connectivity index (χ0v) is 8.30. The Kier molecular flexibility index (Phi) is 3.83. The summed E-state index contributed by atoms with van der Waals surface area (Å²) in [6.07, 6.45) is -1.30. The molecule has 0 aliphatic carbocycles. The highest BCUT2D eigenvalue weighted by Gasteiger charge is 2.16. The summed E-state index contributed by atoms with van der Waals surface area (Å²) >= 11 is 0. The minimum Gasteiger partial charge on any atom is -0.462 e. The Morgan fingerprint density at radius 3 is 2.87 bits per heavy atom. The van der Waals surface area contributed by atoms with Gasteiger partial charge in [0, 0.05) is 5.56 Å². The van der Waals surface area contributed by atoms with Crippen LogP contribution in [0.5, 0.6) is 0 Å². The maximum absolute atomic E-state index is 11.4. The molecule has 0 amide bonds. The van der Waals surface area contributed by atoms with Crippen LogP contribution in [-0.4, -0.2) is 17.7 Å². The zero-order chi connectivity index (χ0) is 11.3. The van der Waals surface area contributed by atoms with Gasteiger partial charge >= 0.3 is 5.97 Å². The number of hydrogen-bond acceptors (Lipinski definition) is 4. The van der Waals surface area contributed by atoms with E-state index in [1.54, 1.807) is 25.1 Å². The molecular formula is C11H11NO3. The number of rotatable bonds is 3. The number of aliphatic hydroxyl groups is 1. The van der Waals surface area contributed by atoms with Gasteiger partial charge in [-0.05, 0) is 13.0 Å². The molecule has 0 aromatic heterocycles. The second-order valence-corrected chi connectivity index (χ2v) is 2.84. The van der Waals surface area contributed by atoms with E-state index in [4.69, 9.17) is 10.00 Å². The average molecular weight is 205 g/mol. The van der Waals surface area contributed by atoms with Gasteiger partial charge in [-0.15, -0.1) is 0 Å². The molecule has 1 unspecified atom stereocenters. The lowest BCUT2D eigenvalue weighted by Gasteiger charge is -2.08. The fourth-order valence-corrected chi connectivity index (χ4v) is 1.20. The van der Waals surface area contributed by atoms with Crippen LogP contribution < -0.4 is 0 Å². The molecule has 0 spiro atoms. The van der Waals surface area contributed by atoms with Crippen LogP contribution >= 0.6 is 0 Å². The second-order valence-electron chi connectivity index (χ2n) is 2.84. The van der Waals surface area contributed by atoms with Crippen molar-refractivity contribution in [3.63, 3.8) is 0 Å². The van der Waals surface area contributed by atoms with Gasteiger partial charge in [-0.25, -0.2) is 4.79 Å². The van der Waals surface area contributed by atoms with Gasteiger partial charge < -0.3 is 9.84 Å². The minimum atomic E-state index is -1.30. The van der Waals surface area contributed by atoms with Crippen molar-refractivity contribution >= 4 is 5.97 Å². The van der Waals surface area contributed by atoms with Crippen molar-refractivity contribution < 1.29 is 14.6 Å². The number of nitriles is 1. The third kappa shape index (κ3) is 2.55. The van der Waals surface area contributed by atoms with Crippen molar-refractivity contribution in [2.75, 3.05) is 6.61 Å². The van der Waals surface area contributed by atoms with Crippen LogP contribution in [0.25, 0.3) is 0 Å². The second kappa shape index (κ2) is 5.13. The molecule has 0 heterocycles. The Balaban J connectivity index is 3.07. The summed E-state index contributed by atoms with van der Waals surface area (Å²) in [5.41, 5.74) is 0.506. The van der Waals surface area contributed by atoms with E-state index in [0.29, 0.717) is 0 Å². The number of ether oxygens (including phenoxy) is 1. The Hall–Kier alpha value is -1.86. The lowest BCUT2D eigenvalue weighted by Crippen LogP contribution is -2.10. The summed E-state index contributed by atoms with van der Waals surface area (Å²) in [5, 5.41) is 17.9. The van der Waals surface area contributed by atoms with Gasteiger partial charge in [0.05, 0.1) is 18.2 Å². The Labute approximate surface area is 87.7 Å². The highest BCUT2D eigenvalue weighted by molar-refractivity contribution is 5.91. The van der Waals surface area contributed by atoms with Gasteiger partial charge in [0.1, 0.15) is 0 Å². The number of carbonyl (C=O) groups excluding carboxylic acids is 1. The molecule has 1 N–H and O–H groups in total. The van der Waals surface area contributed by atoms with Gasteiger partial charge in [-0.2, -0.15) is 5.26 Å². The van der Waals surface area contributed by atoms with E-state index < -0.39 is 12.1 Å². The molecule has 1 aromatic carbocycles. The van der Waals surface area contributed by atoms with E-state index in [-0.39, 0.29) is 17.7 Å². The minimum absolute atomic E-state index is 0.230. The number of carbonyl (C=O) groups is 1. The highest BCUT2D eigenvalue weighted by Crippen LogP contribution is 2.18. The monoisotopic (exact) mass is 205 g/mol. The van der Waals surface area contributed by atoms with Crippen LogP contribution in [0.2, 0.25) is 0 Å². The van der Waals surface area contributed by atoms with E-state index >= 15 is 0 Å². The molecular weight excluding hydrogens is 194 g/mol. The van der Waals surface area contributed by atoms with E-state index in [1.165, 1.54) is 12.1 Å². The number of nitrogens with zero attached hydrogens (tertiary/aromatic N) is 1. The fraction of sp³-hybridized carbons (Fsp3) is 0.273. The van der Waals surface area contributed by atoms with Crippen LogP contribution in [0.3, 0.4) is 0 Å². The molecule has 1 atom stereocenters. The quantitative estimate of drug-likeness (QED) is 0.598. The van der Waals surface area contributed by atoms with Gasteiger partial charge in [0.15, 0.2) is 6.10 Å². The molecule has 4 nitrogen and oxygen atoms in total. The molecule has 1 aromatic rings. The van der Waals surface area contributed by atoms with Crippen LogP contribution in [0, 0.1) is 11.3 Å². The molecule has 78 valence electrons. The highest BCUT2D eigenvalue weighted by atomic mass is 16.5. The number of esters is 1. The summed E-state index contributed by atoms with van der Waals surface area (Å²) in [5.74, 6) is -0.526. The van der Waals surface area contributed by atoms with Crippen LogP contribution in [0.15, 0.2) is 24.3 Å². The van der Waals surface area contributed by atoms with Crippen LogP contribution in [0.1, 0.15) is 28.9 Å². The predicted molar refractivity (Wildman–Crippen MR) is 53.0 cm³/mol. The number of benzene rings is 1. The Morgan fingerprint density at radius 2 is 2.27 bits per heavy atom. The van der Waals surface area contributed by atoms with Crippen molar-refractivity contribution in [3.8, 4) is 6.07 Å². The van der Waals surface area contributed by atoms with E-state index in [2.05, 4.69) is 0 Å². The molecule has 0 aliphatic rings. The summed E-state index contributed by atoms with van der Waals surface area (Å²) in [4.78, 5) is 11.4. The molecule has 0 saturated heterocycles. The van der Waals surface area contributed by atoms with Crippen molar-refractivity contribution in [3.05, 3.63) is 35.4 Å². The van der Waals surface area contributed by atoms with Gasteiger partial charge in [-0.1, -0.05) is 18.2 Å². The first-order valence-electron chi connectivity index (χ1n) is 4.54. The number of aliphatic hydroxyl groups excluding tert-OH is 1. The van der Waals surface area contributed by atoms with Crippen LogP contribution in [-0.2, 0) is 4.74 Å². The normalized spacial score (nSPS) is 11.5. The van der Waals surface area contributed by atoms with Gasteiger partial charge in [0.25, 0.3) is 0 Å². The summed E-state index contributed by atoms with van der Waals surface area (Å²) in [6, 6.07) is 8.02. The van der Waals surface area contributed by atoms with Crippen molar-refractivity contribution in [1.29, 1.82) is 5.26 Å². The summed E-state index contributed by atoms with van der Waals surface area (Å²) in [7, 11) is 0. The first-order valence-corrected chi connectivity index (χ1v) is 4.54. The SMILES string of the molecule is CCOC(=O)c1ccccc1C(O)C#N. The summed E-state index contributed by atoms with van der Waals surface area (Å²) < 4.78 is 4.80. The smallest absolute Gasteiger partial charge is 0.338 e. The van der Waals surface area contributed by atoms with Crippen molar-refractivity contribution in [2.24, 2.45) is 0 Å².